The van der Waals surface area contributed by atoms with Crippen LogP contribution in [0.15, 0.2) is 22.7 Å². The largest absolute Gasteiger partial charge is 0.366 e. The van der Waals surface area contributed by atoms with Gasteiger partial charge in [-0.05, 0) is 46.5 Å². The Bertz CT molecular complexity index is 452. The van der Waals surface area contributed by atoms with Gasteiger partial charge in [-0.25, -0.2) is 0 Å². The first-order chi connectivity index (χ1) is 9.56. The average molecular weight is 360 g/mol. The fraction of sp³-hybridized carbons (Fsp3) is 0.625. The maximum Gasteiger partial charge on any atom is 0.0568 e. The molecule has 1 aromatic carbocycles. The first kappa shape index (κ1) is 16.1. The van der Waals surface area contributed by atoms with Crippen molar-refractivity contribution in [2.75, 3.05) is 18.0 Å². The summed E-state index contributed by atoms with van der Waals surface area (Å²) < 4.78 is 0.963. The third-order valence-corrected chi connectivity index (χ3v) is 5.72. The highest BCUT2D eigenvalue weighted by Gasteiger charge is 2.29. The molecule has 3 atom stereocenters. The van der Waals surface area contributed by atoms with Crippen molar-refractivity contribution in [2.24, 2.45) is 5.92 Å². The molecule has 20 heavy (non-hydrogen) atoms. The van der Waals surface area contributed by atoms with Crippen molar-refractivity contribution in [3.05, 3.63) is 27.7 Å². The van der Waals surface area contributed by atoms with E-state index in [0.717, 1.165) is 29.0 Å². The standard InChI is InChI=1S/C16H24BrClN2/c1-4-11(3)16-10-20(12(5-2)9-19-16)13-6-7-14(17)15(18)8-13/h6-8,11-12,16,19H,4-5,9-10H2,1-3H3. The van der Waals surface area contributed by atoms with Gasteiger partial charge in [-0.1, -0.05) is 38.8 Å². The minimum atomic E-state index is 0.549. The molecule has 1 N–H and O–H groups in total. The molecule has 4 heteroatoms. The van der Waals surface area contributed by atoms with Crippen molar-refractivity contribution in [3.63, 3.8) is 0 Å². The van der Waals surface area contributed by atoms with Crippen molar-refractivity contribution in [2.45, 2.75) is 45.7 Å². The monoisotopic (exact) mass is 358 g/mol. The second-order valence-corrected chi connectivity index (χ2v) is 6.97. The zero-order chi connectivity index (χ0) is 14.7. The summed E-state index contributed by atoms with van der Waals surface area (Å²) in [6.07, 6.45) is 2.36. The summed E-state index contributed by atoms with van der Waals surface area (Å²) >= 11 is 9.73. The van der Waals surface area contributed by atoms with Crippen LogP contribution in [-0.2, 0) is 0 Å². The van der Waals surface area contributed by atoms with Crippen molar-refractivity contribution in [1.29, 1.82) is 0 Å². The van der Waals surface area contributed by atoms with E-state index in [1.807, 2.05) is 6.07 Å². The second kappa shape index (κ2) is 7.15. The van der Waals surface area contributed by atoms with Crippen LogP contribution in [0.5, 0.6) is 0 Å². The molecule has 3 unspecified atom stereocenters. The topological polar surface area (TPSA) is 15.3 Å². The molecule has 1 aliphatic heterocycles. The third-order valence-electron chi connectivity index (χ3n) is 4.49. The Labute approximate surface area is 136 Å². The molecule has 0 aromatic heterocycles. The molecule has 1 fully saturated rings. The number of halogens is 2. The Morgan fingerprint density at radius 1 is 1.45 bits per heavy atom. The fourth-order valence-corrected chi connectivity index (χ4v) is 3.25. The molecule has 0 aliphatic carbocycles. The van der Waals surface area contributed by atoms with Gasteiger partial charge in [-0.2, -0.15) is 0 Å². The Morgan fingerprint density at radius 3 is 2.80 bits per heavy atom. The molecule has 1 aromatic rings. The molecule has 2 rings (SSSR count). The molecule has 2 nitrogen and oxygen atoms in total. The van der Waals surface area contributed by atoms with Gasteiger partial charge < -0.3 is 10.2 Å². The van der Waals surface area contributed by atoms with E-state index < -0.39 is 0 Å². The number of hydrogen-bond donors (Lipinski definition) is 1. The lowest BCUT2D eigenvalue weighted by Gasteiger charge is -2.43. The Hall–Kier alpha value is -0.250. The molecular formula is C16H24BrClN2. The molecule has 1 saturated heterocycles. The van der Waals surface area contributed by atoms with Gasteiger partial charge in [0.2, 0.25) is 0 Å². The molecule has 0 spiro atoms. The van der Waals surface area contributed by atoms with Crippen LogP contribution >= 0.6 is 27.5 Å². The second-order valence-electron chi connectivity index (χ2n) is 5.71. The molecule has 0 saturated carbocycles. The minimum Gasteiger partial charge on any atom is -0.366 e. The molecule has 0 radical (unpaired) electrons. The van der Waals surface area contributed by atoms with Gasteiger partial charge in [0.1, 0.15) is 0 Å². The zero-order valence-electron chi connectivity index (χ0n) is 12.5. The number of anilines is 1. The maximum atomic E-state index is 6.26. The zero-order valence-corrected chi connectivity index (χ0v) is 14.8. The van der Waals surface area contributed by atoms with Crippen LogP contribution in [0.25, 0.3) is 0 Å². The summed E-state index contributed by atoms with van der Waals surface area (Å²) in [7, 11) is 0. The smallest absolute Gasteiger partial charge is 0.0568 e. The Kier molecular flexibility index (Phi) is 5.76. The van der Waals surface area contributed by atoms with Crippen LogP contribution in [0.4, 0.5) is 5.69 Å². The molecule has 112 valence electrons. The molecule has 0 amide bonds. The predicted molar refractivity (Wildman–Crippen MR) is 91.8 cm³/mol. The fourth-order valence-electron chi connectivity index (χ4n) is 2.83. The number of nitrogens with one attached hydrogen (secondary N) is 1. The van der Waals surface area contributed by atoms with Gasteiger partial charge in [0, 0.05) is 35.3 Å². The van der Waals surface area contributed by atoms with Gasteiger partial charge >= 0.3 is 0 Å². The Morgan fingerprint density at radius 2 is 2.20 bits per heavy atom. The lowest BCUT2D eigenvalue weighted by atomic mass is 9.94. The van der Waals surface area contributed by atoms with E-state index in [0.29, 0.717) is 18.0 Å². The molecular weight excluding hydrogens is 336 g/mol. The van der Waals surface area contributed by atoms with Gasteiger partial charge in [0.15, 0.2) is 0 Å². The molecule has 1 heterocycles. The number of benzene rings is 1. The van der Waals surface area contributed by atoms with Crippen LogP contribution in [-0.4, -0.2) is 25.2 Å². The van der Waals surface area contributed by atoms with E-state index in [9.17, 15) is 0 Å². The van der Waals surface area contributed by atoms with E-state index in [1.165, 1.54) is 12.1 Å². The summed E-state index contributed by atoms with van der Waals surface area (Å²) in [6.45, 7) is 8.96. The highest BCUT2D eigenvalue weighted by Crippen LogP contribution is 2.30. The van der Waals surface area contributed by atoms with E-state index in [4.69, 9.17) is 11.6 Å². The third kappa shape index (κ3) is 3.49. The molecule has 1 aliphatic rings. The SMILES string of the molecule is CCC(C)C1CN(c2ccc(Br)c(Cl)c2)C(CC)CN1. The lowest BCUT2D eigenvalue weighted by molar-refractivity contribution is 0.306. The summed E-state index contributed by atoms with van der Waals surface area (Å²) in [5.41, 5.74) is 1.24. The van der Waals surface area contributed by atoms with E-state index in [2.05, 4.69) is 59.1 Å². The van der Waals surface area contributed by atoms with Crippen LogP contribution < -0.4 is 10.2 Å². The summed E-state index contributed by atoms with van der Waals surface area (Å²) in [4.78, 5) is 2.52. The van der Waals surface area contributed by atoms with Crippen LogP contribution in [0.3, 0.4) is 0 Å². The lowest BCUT2D eigenvalue weighted by Crippen LogP contribution is -2.58. The normalized spacial score (nSPS) is 24.8. The minimum absolute atomic E-state index is 0.549. The summed E-state index contributed by atoms with van der Waals surface area (Å²) in [5, 5.41) is 4.50. The van der Waals surface area contributed by atoms with Gasteiger partial charge in [-0.3, -0.25) is 0 Å². The van der Waals surface area contributed by atoms with Crippen molar-refractivity contribution in [3.8, 4) is 0 Å². The van der Waals surface area contributed by atoms with E-state index in [1.54, 1.807) is 0 Å². The quantitative estimate of drug-likeness (QED) is 0.838. The first-order valence-corrected chi connectivity index (χ1v) is 8.69. The van der Waals surface area contributed by atoms with Crippen molar-refractivity contribution >= 4 is 33.2 Å². The predicted octanol–water partition coefficient (Wildman–Crippen LogP) is 4.71. The highest BCUT2D eigenvalue weighted by molar-refractivity contribution is 9.10. The maximum absolute atomic E-state index is 6.26. The molecule has 0 bridgehead atoms. The van der Waals surface area contributed by atoms with Crippen molar-refractivity contribution < 1.29 is 0 Å². The summed E-state index contributed by atoms with van der Waals surface area (Å²) in [6, 6.07) is 7.40. The highest BCUT2D eigenvalue weighted by atomic mass is 79.9. The van der Waals surface area contributed by atoms with Crippen LogP contribution in [0.2, 0.25) is 5.02 Å². The van der Waals surface area contributed by atoms with Crippen molar-refractivity contribution in [1.82, 2.24) is 5.32 Å². The van der Waals surface area contributed by atoms with Gasteiger partial charge in [-0.15, -0.1) is 0 Å². The van der Waals surface area contributed by atoms with E-state index in [-0.39, 0.29) is 0 Å². The number of hydrogen-bond acceptors (Lipinski definition) is 2. The summed E-state index contributed by atoms with van der Waals surface area (Å²) in [5.74, 6) is 0.696. The van der Waals surface area contributed by atoms with Crippen LogP contribution in [0.1, 0.15) is 33.6 Å². The number of piperazine rings is 1. The number of nitrogens with zero attached hydrogens (tertiary/aromatic N) is 1. The van der Waals surface area contributed by atoms with E-state index >= 15 is 0 Å². The Balaban J connectivity index is 2.22. The average Bonchev–Trinajstić information content (AvgIpc) is 2.48. The van der Waals surface area contributed by atoms with Gasteiger partial charge in [0.05, 0.1) is 5.02 Å². The first-order valence-electron chi connectivity index (χ1n) is 7.51. The van der Waals surface area contributed by atoms with Gasteiger partial charge in [0.25, 0.3) is 0 Å². The van der Waals surface area contributed by atoms with Crippen LogP contribution in [0, 0.1) is 5.92 Å². The number of rotatable bonds is 4.